The first kappa shape index (κ1) is 15.9. The number of nitrogens with one attached hydrogen (secondary N) is 1. The number of anilines is 1. The molecule has 0 bridgehead atoms. The van der Waals surface area contributed by atoms with E-state index in [1.54, 1.807) is 18.6 Å². The molecule has 0 aliphatic carbocycles. The Bertz CT molecular complexity index is 737. The predicted molar refractivity (Wildman–Crippen MR) is 94.4 cm³/mol. The van der Waals surface area contributed by atoms with E-state index in [0.717, 1.165) is 42.9 Å². The van der Waals surface area contributed by atoms with Gasteiger partial charge in [-0.2, -0.15) is 0 Å². The van der Waals surface area contributed by atoms with E-state index in [1.807, 2.05) is 24.3 Å². The zero-order chi connectivity index (χ0) is 17.1. The summed E-state index contributed by atoms with van der Waals surface area (Å²) < 4.78 is 5.68. The molecule has 3 heterocycles. The third kappa shape index (κ3) is 3.43. The molecule has 0 spiro atoms. The van der Waals surface area contributed by atoms with Crippen LogP contribution in [0.2, 0.25) is 0 Å². The zero-order valence-corrected chi connectivity index (χ0v) is 14.1. The fourth-order valence-corrected chi connectivity index (χ4v) is 3.64. The summed E-state index contributed by atoms with van der Waals surface area (Å²) in [5.74, 6) is 1.82. The minimum Gasteiger partial charge on any atom is -0.493 e. The van der Waals surface area contributed by atoms with E-state index in [1.165, 1.54) is 0 Å². The van der Waals surface area contributed by atoms with Crippen LogP contribution in [-0.2, 0) is 4.79 Å². The lowest BCUT2D eigenvalue weighted by Crippen LogP contribution is -2.44. The number of amides is 1. The third-order valence-electron chi connectivity index (χ3n) is 4.94. The highest BCUT2D eigenvalue weighted by molar-refractivity contribution is 5.80. The summed E-state index contributed by atoms with van der Waals surface area (Å²) in [6, 6.07) is 7.98. The Kier molecular flexibility index (Phi) is 4.50. The van der Waals surface area contributed by atoms with Gasteiger partial charge >= 0.3 is 0 Å². The molecule has 6 nitrogen and oxygen atoms in total. The molecule has 1 aromatic carbocycles. The number of benzene rings is 1. The summed E-state index contributed by atoms with van der Waals surface area (Å²) in [7, 11) is 0. The van der Waals surface area contributed by atoms with E-state index in [-0.39, 0.29) is 17.9 Å². The van der Waals surface area contributed by atoms with Crippen LogP contribution in [-0.4, -0.2) is 35.6 Å². The molecule has 2 aromatic rings. The molecule has 6 heteroatoms. The number of piperidine rings is 1. The van der Waals surface area contributed by atoms with Crippen molar-refractivity contribution in [1.29, 1.82) is 0 Å². The molecule has 130 valence electrons. The number of ether oxygens (including phenoxy) is 1. The number of fused-ring (bicyclic) bond motifs is 1. The Hall–Kier alpha value is -2.63. The second kappa shape index (κ2) is 7.09. The first-order chi connectivity index (χ1) is 12.3. The van der Waals surface area contributed by atoms with E-state index in [4.69, 9.17) is 4.74 Å². The van der Waals surface area contributed by atoms with E-state index in [0.29, 0.717) is 13.2 Å². The van der Waals surface area contributed by atoms with E-state index in [9.17, 15) is 4.79 Å². The van der Waals surface area contributed by atoms with Gasteiger partial charge in [0.05, 0.1) is 24.8 Å². The van der Waals surface area contributed by atoms with Crippen molar-refractivity contribution in [2.45, 2.75) is 25.3 Å². The van der Waals surface area contributed by atoms with Crippen LogP contribution in [0.1, 0.15) is 30.9 Å². The van der Waals surface area contributed by atoms with E-state index >= 15 is 0 Å². The molecule has 2 atom stereocenters. The summed E-state index contributed by atoms with van der Waals surface area (Å²) in [5.41, 5.74) is 1.07. The van der Waals surface area contributed by atoms with Crippen molar-refractivity contribution in [1.82, 2.24) is 15.3 Å². The minimum absolute atomic E-state index is 0.0224. The average molecular weight is 338 g/mol. The summed E-state index contributed by atoms with van der Waals surface area (Å²) in [5, 5.41) is 3.24. The quantitative estimate of drug-likeness (QED) is 0.930. The number of aromatic nitrogens is 2. The normalized spacial score (nSPS) is 22.6. The fourth-order valence-electron chi connectivity index (χ4n) is 3.64. The predicted octanol–water partition coefficient (Wildman–Crippen LogP) is 2.33. The molecule has 1 amide bonds. The Morgan fingerprint density at radius 2 is 2.16 bits per heavy atom. The highest BCUT2D eigenvalue weighted by Gasteiger charge is 2.30. The molecule has 1 aromatic heterocycles. The van der Waals surface area contributed by atoms with Crippen molar-refractivity contribution in [3.8, 4) is 5.75 Å². The smallest absolute Gasteiger partial charge is 0.225 e. The average Bonchev–Trinajstić information content (AvgIpc) is 2.69. The molecule has 0 radical (unpaired) electrons. The Morgan fingerprint density at radius 1 is 1.24 bits per heavy atom. The van der Waals surface area contributed by atoms with Crippen molar-refractivity contribution in [3.63, 3.8) is 0 Å². The SMILES string of the molecule is O=C(N[C@@H]1CCOc2ccccc21)[C@H]1CCCN(c2cnccn2)C1. The molecule has 25 heavy (non-hydrogen) atoms. The van der Waals surface area contributed by atoms with Crippen LogP contribution >= 0.6 is 0 Å². The number of hydrogen-bond donors (Lipinski definition) is 1. The molecular formula is C19H22N4O2. The number of rotatable bonds is 3. The van der Waals surface area contributed by atoms with E-state index < -0.39 is 0 Å². The topological polar surface area (TPSA) is 67.3 Å². The zero-order valence-electron chi connectivity index (χ0n) is 14.1. The summed E-state index contributed by atoms with van der Waals surface area (Å²) in [6.45, 7) is 2.25. The molecular weight excluding hydrogens is 316 g/mol. The van der Waals surface area contributed by atoms with Gasteiger partial charge in [-0.25, -0.2) is 4.98 Å². The first-order valence-corrected chi connectivity index (χ1v) is 8.84. The number of carbonyl (C=O) groups is 1. The molecule has 0 saturated carbocycles. The van der Waals surface area contributed by atoms with Gasteiger partial charge in [-0.05, 0) is 18.9 Å². The van der Waals surface area contributed by atoms with Gasteiger partial charge in [-0.3, -0.25) is 9.78 Å². The summed E-state index contributed by atoms with van der Waals surface area (Å²) in [6.07, 6.45) is 7.82. The lowest BCUT2D eigenvalue weighted by atomic mass is 9.95. The monoisotopic (exact) mass is 338 g/mol. The van der Waals surface area contributed by atoms with Crippen LogP contribution in [0.5, 0.6) is 5.75 Å². The molecule has 2 aliphatic heterocycles. The maximum atomic E-state index is 12.8. The van der Waals surface area contributed by atoms with Crippen molar-refractivity contribution < 1.29 is 9.53 Å². The second-order valence-corrected chi connectivity index (χ2v) is 6.58. The summed E-state index contributed by atoms with van der Waals surface area (Å²) in [4.78, 5) is 23.5. The van der Waals surface area contributed by atoms with Crippen LogP contribution < -0.4 is 15.0 Å². The van der Waals surface area contributed by atoms with Gasteiger partial charge < -0.3 is 15.0 Å². The Labute approximate surface area is 147 Å². The molecule has 1 saturated heterocycles. The van der Waals surface area contributed by atoms with Crippen molar-refractivity contribution in [2.24, 2.45) is 5.92 Å². The molecule has 2 aliphatic rings. The molecule has 0 unspecified atom stereocenters. The van der Waals surface area contributed by atoms with Gasteiger partial charge in [-0.15, -0.1) is 0 Å². The number of para-hydroxylation sites is 1. The van der Waals surface area contributed by atoms with Gasteiger partial charge in [-0.1, -0.05) is 18.2 Å². The Morgan fingerprint density at radius 3 is 3.04 bits per heavy atom. The lowest BCUT2D eigenvalue weighted by molar-refractivity contribution is -0.126. The van der Waals surface area contributed by atoms with Crippen LogP contribution in [0.25, 0.3) is 0 Å². The highest BCUT2D eigenvalue weighted by atomic mass is 16.5. The standard InChI is InChI=1S/C19H22N4O2/c24-19(22-16-7-11-25-17-6-2-1-5-15(16)17)14-4-3-10-23(13-14)18-12-20-8-9-21-18/h1-2,5-6,8-9,12,14,16H,3-4,7,10-11,13H2,(H,22,24)/t14-,16+/m0/s1. The molecule has 4 rings (SSSR count). The fraction of sp³-hybridized carbons (Fsp3) is 0.421. The van der Waals surface area contributed by atoms with Crippen molar-refractivity contribution in [3.05, 3.63) is 48.4 Å². The van der Waals surface area contributed by atoms with Gasteiger partial charge in [0.1, 0.15) is 11.6 Å². The number of nitrogens with zero attached hydrogens (tertiary/aromatic N) is 3. The summed E-state index contributed by atoms with van der Waals surface area (Å²) >= 11 is 0. The Balaban J connectivity index is 1.43. The maximum absolute atomic E-state index is 12.8. The van der Waals surface area contributed by atoms with Crippen molar-refractivity contribution in [2.75, 3.05) is 24.6 Å². The maximum Gasteiger partial charge on any atom is 0.225 e. The first-order valence-electron chi connectivity index (χ1n) is 8.84. The van der Waals surface area contributed by atoms with Gasteiger partial charge in [0.2, 0.25) is 5.91 Å². The number of hydrogen-bond acceptors (Lipinski definition) is 5. The second-order valence-electron chi connectivity index (χ2n) is 6.58. The van der Waals surface area contributed by atoms with Gasteiger partial charge in [0.15, 0.2) is 0 Å². The minimum atomic E-state index is -0.0224. The van der Waals surface area contributed by atoms with E-state index in [2.05, 4.69) is 20.2 Å². The molecule has 1 fully saturated rings. The van der Waals surface area contributed by atoms with Crippen LogP contribution in [0.4, 0.5) is 5.82 Å². The number of carbonyl (C=O) groups excluding carboxylic acids is 1. The largest absolute Gasteiger partial charge is 0.493 e. The third-order valence-corrected chi connectivity index (χ3v) is 4.94. The van der Waals surface area contributed by atoms with Gasteiger partial charge in [0, 0.05) is 37.5 Å². The van der Waals surface area contributed by atoms with Crippen LogP contribution in [0, 0.1) is 5.92 Å². The van der Waals surface area contributed by atoms with Crippen molar-refractivity contribution >= 4 is 11.7 Å². The van der Waals surface area contributed by atoms with Gasteiger partial charge in [0.25, 0.3) is 0 Å². The van der Waals surface area contributed by atoms with Crippen LogP contribution in [0.15, 0.2) is 42.9 Å². The molecule has 1 N–H and O–H groups in total. The highest BCUT2D eigenvalue weighted by Crippen LogP contribution is 2.32. The van der Waals surface area contributed by atoms with Crippen LogP contribution in [0.3, 0.4) is 0 Å². The lowest BCUT2D eigenvalue weighted by Gasteiger charge is -2.34.